The first kappa shape index (κ1) is 13.3. The Balaban J connectivity index is 2.23. The fourth-order valence-electron chi connectivity index (χ4n) is 1.68. The minimum Gasteiger partial charge on any atom is -0.495 e. The third-order valence-corrected chi connectivity index (χ3v) is 2.95. The number of ether oxygens (including phenoxy) is 2. The zero-order valence-corrected chi connectivity index (χ0v) is 10.1. The molecule has 19 heavy (non-hydrogen) atoms. The van der Waals surface area contributed by atoms with E-state index in [1.54, 1.807) is 0 Å². The van der Waals surface area contributed by atoms with E-state index in [2.05, 4.69) is 5.32 Å². The van der Waals surface area contributed by atoms with Crippen molar-refractivity contribution in [1.82, 2.24) is 0 Å². The van der Waals surface area contributed by atoms with E-state index in [-0.39, 0.29) is 24.7 Å². The number of hydrogen-bond donors (Lipinski definition) is 2. The maximum Gasteiger partial charge on any atom is 0.324 e. The molecule has 0 unspecified atom stereocenters. The van der Waals surface area contributed by atoms with Crippen LogP contribution in [0.5, 0.6) is 5.75 Å². The van der Waals surface area contributed by atoms with Gasteiger partial charge in [-0.3, -0.25) is 9.59 Å². The number of carbonyl (C=O) groups excluding carboxylic acids is 1. The molecule has 0 atom stereocenters. The third kappa shape index (κ3) is 2.24. The first-order valence-corrected chi connectivity index (χ1v) is 5.46. The van der Waals surface area contributed by atoms with Crippen molar-refractivity contribution < 1.29 is 28.6 Å². The lowest BCUT2D eigenvalue weighted by Gasteiger charge is -2.35. The summed E-state index contributed by atoms with van der Waals surface area (Å²) >= 11 is 0. The molecule has 102 valence electrons. The van der Waals surface area contributed by atoms with Crippen LogP contribution in [0.3, 0.4) is 0 Å². The summed E-state index contributed by atoms with van der Waals surface area (Å²) in [7, 11) is 1.36. The predicted molar refractivity (Wildman–Crippen MR) is 62.5 cm³/mol. The zero-order valence-electron chi connectivity index (χ0n) is 10.1. The maximum absolute atomic E-state index is 13.1. The monoisotopic (exact) mass is 269 g/mol. The molecule has 2 N–H and O–H groups in total. The molecule has 1 amide bonds. The van der Waals surface area contributed by atoms with Crippen LogP contribution in [0.4, 0.5) is 10.1 Å². The quantitative estimate of drug-likeness (QED) is 0.792. The van der Waals surface area contributed by atoms with E-state index < -0.39 is 23.1 Å². The normalized spacial score (nSPS) is 16.3. The van der Waals surface area contributed by atoms with Crippen molar-refractivity contribution in [1.29, 1.82) is 0 Å². The second kappa shape index (κ2) is 4.85. The van der Waals surface area contributed by atoms with Crippen molar-refractivity contribution in [3.8, 4) is 5.75 Å². The number of hydrogen-bond acceptors (Lipinski definition) is 4. The number of carboxylic acid groups (broad SMARTS) is 1. The zero-order chi connectivity index (χ0) is 14.0. The van der Waals surface area contributed by atoms with Crippen LogP contribution in [0, 0.1) is 11.2 Å². The van der Waals surface area contributed by atoms with Crippen molar-refractivity contribution in [2.45, 2.75) is 0 Å². The number of carboxylic acids is 1. The molecule has 0 spiro atoms. The molecule has 0 bridgehead atoms. The molecule has 2 rings (SSSR count). The molecule has 0 radical (unpaired) electrons. The van der Waals surface area contributed by atoms with E-state index in [1.165, 1.54) is 19.2 Å². The largest absolute Gasteiger partial charge is 0.495 e. The van der Waals surface area contributed by atoms with Crippen LogP contribution >= 0.6 is 0 Å². The Kier molecular flexibility index (Phi) is 3.39. The van der Waals surface area contributed by atoms with Gasteiger partial charge in [-0.1, -0.05) is 0 Å². The van der Waals surface area contributed by atoms with Crippen molar-refractivity contribution in [2.24, 2.45) is 5.41 Å². The second-order valence-corrected chi connectivity index (χ2v) is 4.18. The molecular weight excluding hydrogens is 257 g/mol. The molecule has 0 aromatic heterocycles. The molecular formula is C12H12FNO5. The predicted octanol–water partition coefficient (Wildman–Crippen LogP) is 0.874. The molecule has 0 aliphatic carbocycles. The van der Waals surface area contributed by atoms with Crippen LogP contribution in [-0.4, -0.2) is 37.3 Å². The first-order chi connectivity index (χ1) is 8.99. The van der Waals surface area contributed by atoms with E-state index >= 15 is 0 Å². The molecule has 1 aromatic rings. The van der Waals surface area contributed by atoms with Crippen molar-refractivity contribution in [2.75, 3.05) is 25.6 Å². The molecule has 1 aromatic carbocycles. The Morgan fingerprint density at radius 1 is 1.47 bits per heavy atom. The van der Waals surface area contributed by atoms with Crippen molar-refractivity contribution in [3.05, 3.63) is 24.0 Å². The van der Waals surface area contributed by atoms with Crippen LogP contribution in [0.1, 0.15) is 0 Å². The van der Waals surface area contributed by atoms with Gasteiger partial charge in [-0.2, -0.15) is 0 Å². The van der Waals surface area contributed by atoms with Gasteiger partial charge in [0.1, 0.15) is 11.6 Å². The lowest BCUT2D eigenvalue weighted by atomic mass is 9.85. The Morgan fingerprint density at radius 2 is 2.16 bits per heavy atom. The molecule has 6 nitrogen and oxygen atoms in total. The maximum atomic E-state index is 13.1. The summed E-state index contributed by atoms with van der Waals surface area (Å²) < 4.78 is 22.9. The molecule has 1 aliphatic heterocycles. The SMILES string of the molecule is COc1ccc(F)cc1NC(=O)C1(C(=O)O)COC1. The Bertz CT molecular complexity index is 527. The number of amides is 1. The Morgan fingerprint density at radius 3 is 2.63 bits per heavy atom. The molecule has 7 heteroatoms. The van der Waals surface area contributed by atoms with Gasteiger partial charge in [-0.15, -0.1) is 0 Å². The van der Waals surface area contributed by atoms with Crippen LogP contribution < -0.4 is 10.1 Å². The Labute approximate surface area is 108 Å². The molecule has 1 saturated heterocycles. The van der Waals surface area contributed by atoms with Crippen LogP contribution in [0.2, 0.25) is 0 Å². The van der Waals surface area contributed by atoms with Crippen LogP contribution in [-0.2, 0) is 14.3 Å². The number of benzene rings is 1. The van der Waals surface area contributed by atoms with Gasteiger partial charge in [0.15, 0.2) is 5.41 Å². The summed E-state index contributed by atoms with van der Waals surface area (Å²) in [6.07, 6.45) is 0. The highest BCUT2D eigenvalue weighted by Gasteiger charge is 2.53. The summed E-state index contributed by atoms with van der Waals surface area (Å²) in [5, 5.41) is 11.4. The second-order valence-electron chi connectivity index (χ2n) is 4.18. The van der Waals surface area contributed by atoms with Gasteiger partial charge in [0.2, 0.25) is 5.91 Å². The van der Waals surface area contributed by atoms with Crippen LogP contribution in [0.15, 0.2) is 18.2 Å². The number of carbonyl (C=O) groups is 2. The molecule has 1 heterocycles. The van der Waals surface area contributed by atoms with Crippen LogP contribution in [0.25, 0.3) is 0 Å². The van der Waals surface area contributed by atoms with E-state index in [4.69, 9.17) is 14.6 Å². The highest BCUT2D eigenvalue weighted by molar-refractivity contribution is 6.09. The number of halogens is 1. The fraction of sp³-hybridized carbons (Fsp3) is 0.333. The average Bonchev–Trinajstić information content (AvgIpc) is 2.27. The standard InChI is InChI=1S/C12H12FNO5/c1-18-9-3-2-7(13)4-8(9)14-10(15)12(11(16)17)5-19-6-12/h2-4H,5-6H2,1H3,(H,14,15)(H,16,17). The van der Waals surface area contributed by atoms with Gasteiger partial charge < -0.3 is 19.9 Å². The third-order valence-electron chi connectivity index (χ3n) is 2.95. The van der Waals surface area contributed by atoms with Gasteiger partial charge in [0.05, 0.1) is 26.0 Å². The lowest BCUT2D eigenvalue weighted by molar-refractivity contribution is -0.182. The number of anilines is 1. The lowest BCUT2D eigenvalue weighted by Crippen LogP contribution is -2.57. The fourth-order valence-corrected chi connectivity index (χ4v) is 1.68. The van der Waals surface area contributed by atoms with Gasteiger partial charge in [0, 0.05) is 6.07 Å². The van der Waals surface area contributed by atoms with Gasteiger partial charge in [0.25, 0.3) is 0 Å². The number of rotatable bonds is 4. The number of methoxy groups -OCH3 is 1. The van der Waals surface area contributed by atoms with Crippen molar-refractivity contribution in [3.63, 3.8) is 0 Å². The van der Waals surface area contributed by atoms with E-state index in [1.807, 2.05) is 0 Å². The van der Waals surface area contributed by atoms with E-state index in [0.29, 0.717) is 0 Å². The molecule has 0 saturated carbocycles. The van der Waals surface area contributed by atoms with Crippen molar-refractivity contribution >= 4 is 17.6 Å². The average molecular weight is 269 g/mol. The molecule has 1 fully saturated rings. The first-order valence-electron chi connectivity index (χ1n) is 5.46. The summed E-state index contributed by atoms with van der Waals surface area (Å²) in [6, 6.07) is 3.58. The van der Waals surface area contributed by atoms with Gasteiger partial charge in [-0.05, 0) is 12.1 Å². The summed E-state index contributed by atoms with van der Waals surface area (Å²) in [5.41, 5.74) is -1.53. The topological polar surface area (TPSA) is 84.9 Å². The minimum absolute atomic E-state index is 0.0834. The molecule has 1 aliphatic rings. The van der Waals surface area contributed by atoms with Gasteiger partial charge >= 0.3 is 5.97 Å². The Hall–Kier alpha value is -2.15. The highest BCUT2D eigenvalue weighted by atomic mass is 19.1. The number of nitrogens with one attached hydrogen (secondary N) is 1. The van der Waals surface area contributed by atoms with E-state index in [9.17, 15) is 14.0 Å². The smallest absolute Gasteiger partial charge is 0.324 e. The van der Waals surface area contributed by atoms with Gasteiger partial charge in [-0.25, -0.2) is 4.39 Å². The summed E-state index contributed by atoms with van der Waals surface area (Å²) in [6.45, 7) is -0.405. The summed E-state index contributed by atoms with van der Waals surface area (Å²) in [5.74, 6) is -2.34. The van der Waals surface area contributed by atoms with E-state index in [0.717, 1.165) is 6.07 Å². The minimum atomic E-state index is -1.61. The highest BCUT2D eigenvalue weighted by Crippen LogP contribution is 2.32. The number of aliphatic carboxylic acids is 1. The summed E-state index contributed by atoms with van der Waals surface area (Å²) in [4.78, 5) is 23.1.